The maximum absolute atomic E-state index is 15.1. The number of nitrogens with one attached hydrogen (secondary N) is 1. The van der Waals surface area contributed by atoms with Gasteiger partial charge in [0.1, 0.15) is 29.9 Å². The van der Waals surface area contributed by atoms with Gasteiger partial charge in [-0.2, -0.15) is 0 Å². The molecule has 8 nitrogen and oxygen atoms in total. The molecule has 0 spiro atoms. The minimum absolute atomic E-state index is 0.157. The number of fused-ring (bicyclic) bond motifs is 2. The third kappa shape index (κ3) is 3.94. The van der Waals surface area contributed by atoms with Crippen LogP contribution >= 0.6 is 0 Å². The number of aromatic nitrogens is 2. The van der Waals surface area contributed by atoms with Crippen molar-refractivity contribution in [1.29, 1.82) is 0 Å². The van der Waals surface area contributed by atoms with Crippen molar-refractivity contribution in [3.05, 3.63) is 41.5 Å². The first-order chi connectivity index (χ1) is 17.0. The van der Waals surface area contributed by atoms with Crippen LogP contribution in [0, 0.1) is 11.6 Å². The lowest BCUT2D eigenvalue weighted by molar-refractivity contribution is 0.00778. The summed E-state index contributed by atoms with van der Waals surface area (Å²) < 4.78 is 53.1. The Bertz CT molecular complexity index is 1220. The minimum Gasteiger partial charge on any atom is -0.470 e. The van der Waals surface area contributed by atoms with Crippen LogP contribution in [0.25, 0.3) is 22.3 Å². The summed E-state index contributed by atoms with van der Waals surface area (Å²) in [4.78, 5) is 9.76. The molecular weight excluding hydrogens is 460 g/mol. The molecule has 5 heterocycles. The summed E-state index contributed by atoms with van der Waals surface area (Å²) in [6, 6.07) is 6.06. The molecule has 0 bridgehead atoms. The van der Waals surface area contributed by atoms with E-state index in [4.69, 9.17) is 18.9 Å². The van der Waals surface area contributed by atoms with Crippen LogP contribution in [0.5, 0.6) is 5.88 Å². The maximum atomic E-state index is 15.1. The van der Waals surface area contributed by atoms with Crippen LogP contribution in [0.1, 0.15) is 12.5 Å². The Labute approximate surface area is 200 Å². The van der Waals surface area contributed by atoms with Gasteiger partial charge in [-0.25, -0.2) is 13.8 Å². The Hall–Kier alpha value is -2.79. The van der Waals surface area contributed by atoms with Gasteiger partial charge in [0.25, 0.3) is 0 Å². The Kier molecular flexibility index (Phi) is 5.84. The number of benzene rings is 1. The first-order valence-electron chi connectivity index (χ1n) is 11.9. The lowest BCUT2D eigenvalue weighted by atomic mass is 10.1. The van der Waals surface area contributed by atoms with Gasteiger partial charge in [-0.05, 0) is 30.7 Å². The predicted molar refractivity (Wildman–Crippen MR) is 124 cm³/mol. The number of anilines is 1. The number of aromatic amines is 1. The summed E-state index contributed by atoms with van der Waals surface area (Å²) in [5.74, 6) is -0.793. The van der Waals surface area contributed by atoms with Crippen LogP contribution in [0.3, 0.4) is 0 Å². The Morgan fingerprint density at radius 2 is 1.86 bits per heavy atom. The summed E-state index contributed by atoms with van der Waals surface area (Å²) in [6.07, 6.45) is -1.19. The molecule has 0 aliphatic carbocycles. The van der Waals surface area contributed by atoms with Crippen molar-refractivity contribution in [2.45, 2.75) is 37.8 Å². The lowest BCUT2D eigenvalue weighted by Crippen LogP contribution is -2.36. The van der Waals surface area contributed by atoms with Crippen molar-refractivity contribution in [3.63, 3.8) is 0 Å². The molecule has 186 valence electrons. The highest BCUT2D eigenvalue weighted by Crippen LogP contribution is 2.36. The van der Waals surface area contributed by atoms with Crippen LogP contribution in [-0.2, 0) is 20.6 Å². The fraction of sp³-hybridized carbons (Fsp3) is 0.480. The van der Waals surface area contributed by atoms with Crippen LogP contribution in [-0.4, -0.2) is 79.0 Å². The zero-order chi connectivity index (χ0) is 24.1. The molecule has 0 radical (unpaired) electrons. The van der Waals surface area contributed by atoms with E-state index in [2.05, 4.69) is 9.97 Å². The van der Waals surface area contributed by atoms with E-state index in [9.17, 15) is 5.11 Å². The van der Waals surface area contributed by atoms with E-state index in [1.807, 2.05) is 11.8 Å². The molecule has 3 aliphatic heterocycles. The lowest BCUT2D eigenvalue weighted by Gasteiger charge is -2.29. The van der Waals surface area contributed by atoms with Gasteiger partial charge < -0.3 is 33.9 Å². The first kappa shape index (κ1) is 22.7. The minimum atomic E-state index is -0.661. The molecular formula is C25H27F2N3O5. The van der Waals surface area contributed by atoms with Gasteiger partial charge >= 0.3 is 0 Å². The normalized spacial score (nSPS) is 26.5. The molecule has 3 fully saturated rings. The van der Waals surface area contributed by atoms with Crippen molar-refractivity contribution in [1.82, 2.24) is 9.97 Å². The van der Waals surface area contributed by atoms with Crippen molar-refractivity contribution in [2.24, 2.45) is 0 Å². The van der Waals surface area contributed by atoms with Gasteiger partial charge in [0.15, 0.2) is 12.0 Å². The zero-order valence-corrected chi connectivity index (χ0v) is 19.3. The van der Waals surface area contributed by atoms with Gasteiger partial charge in [0.2, 0.25) is 0 Å². The number of aliphatic hydroxyl groups is 1. The van der Waals surface area contributed by atoms with Gasteiger partial charge in [-0.1, -0.05) is 6.92 Å². The number of aliphatic hydroxyl groups excluding tert-OH is 1. The van der Waals surface area contributed by atoms with Crippen molar-refractivity contribution in [2.75, 3.05) is 44.4 Å². The van der Waals surface area contributed by atoms with E-state index in [1.54, 1.807) is 12.1 Å². The standard InChI is InChI=1S/C25H27F2N3O5/c1-2-14-22-18(29-25(14)35-20-12-34-23-19(31)11-33-24(20)23)4-3-17(28-22)21-15(26)9-13(10-16(21)27)30-5-7-32-8-6-30/h3-4,9-10,19-20,23-24,29,31H,2,5-8,11-12H2,1H3/t19-,20-,23?,24?/m1/s1. The number of ether oxygens (including phenoxy) is 4. The largest absolute Gasteiger partial charge is 0.470 e. The molecule has 0 amide bonds. The van der Waals surface area contributed by atoms with E-state index in [0.717, 1.165) is 5.56 Å². The second-order valence-electron chi connectivity index (χ2n) is 9.08. The summed E-state index contributed by atoms with van der Waals surface area (Å²) in [7, 11) is 0. The summed E-state index contributed by atoms with van der Waals surface area (Å²) in [5.41, 5.74) is 2.65. The summed E-state index contributed by atoms with van der Waals surface area (Å²) in [5, 5.41) is 9.98. The molecule has 6 rings (SSSR count). The summed E-state index contributed by atoms with van der Waals surface area (Å²) >= 11 is 0. The number of aryl methyl sites for hydroxylation is 1. The second-order valence-corrected chi connectivity index (χ2v) is 9.08. The fourth-order valence-electron chi connectivity index (χ4n) is 5.17. The molecule has 0 saturated carbocycles. The number of halogens is 2. The Balaban J connectivity index is 1.32. The van der Waals surface area contributed by atoms with Crippen molar-refractivity contribution < 1.29 is 32.8 Å². The van der Waals surface area contributed by atoms with Gasteiger partial charge in [-0.3, -0.25) is 0 Å². The Morgan fingerprint density at radius 3 is 2.60 bits per heavy atom. The van der Waals surface area contributed by atoms with E-state index >= 15 is 8.78 Å². The molecule has 2 unspecified atom stereocenters. The zero-order valence-electron chi connectivity index (χ0n) is 19.3. The molecule has 35 heavy (non-hydrogen) atoms. The highest BCUT2D eigenvalue weighted by molar-refractivity contribution is 5.85. The van der Waals surface area contributed by atoms with Crippen molar-refractivity contribution in [3.8, 4) is 17.1 Å². The van der Waals surface area contributed by atoms with E-state index < -0.39 is 23.8 Å². The predicted octanol–water partition coefficient (Wildman–Crippen LogP) is 2.81. The number of nitrogens with zero attached hydrogens (tertiary/aromatic N) is 2. The second kappa shape index (κ2) is 9.02. The van der Waals surface area contributed by atoms with Gasteiger partial charge in [0, 0.05) is 24.3 Å². The number of hydrogen-bond donors (Lipinski definition) is 2. The molecule has 3 aromatic rings. The average Bonchev–Trinajstić information content (AvgIpc) is 3.54. The number of rotatable bonds is 5. The molecule has 3 saturated heterocycles. The number of H-pyrrole nitrogens is 1. The SMILES string of the molecule is CCc1c(O[C@@H]2COC3C2OC[C@H]3O)[nH]c2ccc(-c3c(F)cc(N4CCOCC4)cc3F)nc12. The van der Waals surface area contributed by atoms with Gasteiger partial charge in [0.05, 0.1) is 48.7 Å². The smallest absolute Gasteiger partial charge is 0.197 e. The average molecular weight is 488 g/mol. The first-order valence-corrected chi connectivity index (χ1v) is 11.9. The molecule has 1 aromatic carbocycles. The summed E-state index contributed by atoms with van der Waals surface area (Å²) in [6.45, 7) is 4.72. The molecule has 2 N–H and O–H groups in total. The van der Waals surface area contributed by atoms with Crippen LogP contribution in [0.4, 0.5) is 14.5 Å². The van der Waals surface area contributed by atoms with E-state index in [1.165, 1.54) is 12.1 Å². The highest BCUT2D eigenvalue weighted by atomic mass is 19.1. The number of morpholine rings is 1. The van der Waals surface area contributed by atoms with Crippen LogP contribution in [0.15, 0.2) is 24.3 Å². The van der Waals surface area contributed by atoms with Crippen LogP contribution < -0.4 is 9.64 Å². The van der Waals surface area contributed by atoms with E-state index in [0.29, 0.717) is 61.9 Å². The number of hydrogen-bond acceptors (Lipinski definition) is 7. The highest BCUT2D eigenvalue weighted by Gasteiger charge is 2.48. The van der Waals surface area contributed by atoms with Gasteiger partial charge in [-0.15, -0.1) is 0 Å². The quantitative estimate of drug-likeness (QED) is 0.572. The molecule has 2 aromatic heterocycles. The topological polar surface area (TPSA) is 89.1 Å². The maximum Gasteiger partial charge on any atom is 0.197 e. The van der Waals surface area contributed by atoms with Crippen LogP contribution in [0.2, 0.25) is 0 Å². The fourth-order valence-corrected chi connectivity index (χ4v) is 5.17. The van der Waals surface area contributed by atoms with Crippen molar-refractivity contribution >= 4 is 16.7 Å². The molecule has 3 aliphatic rings. The third-order valence-electron chi connectivity index (χ3n) is 6.97. The Morgan fingerprint density at radius 1 is 1.11 bits per heavy atom. The third-order valence-corrected chi connectivity index (χ3v) is 6.97. The number of pyridine rings is 1. The monoisotopic (exact) mass is 487 g/mol. The molecule has 4 atom stereocenters. The molecule has 10 heteroatoms. The van der Waals surface area contributed by atoms with E-state index in [-0.39, 0.29) is 30.1 Å².